The van der Waals surface area contributed by atoms with Crippen LogP contribution in [0, 0.1) is 0 Å². The molecule has 2 rings (SSSR count). The average molecular weight is 256 g/mol. The Labute approximate surface area is 98.9 Å². The largest absolute Gasteiger partial charge is 0.394 e. The first-order valence-corrected chi connectivity index (χ1v) is 6.43. The summed E-state index contributed by atoms with van der Waals surface area (Å²) < 4.78 is 25.1. The van der Waals surface area contributed by atoms with E-state index in [0.717, 1.165) is 10.6 Å². The zero-order chi connectivity index (χ0) is 12.5. The van der Waals surface area contributed by atoms with Crippen LogP contribution in [0.4, 0.5) is 5.69 Å². The average Bonchev–Trinajstić information content (AvgIpc) is 2.33. The number of hydrogen-bond donors (Lipinski definition) is 2. The minimum Gasteiger partial charge on any atom is -0.394 e. The van der Waals surface area contributed by atoms with Gasteiger partial charge in [-0.3, -0.25) is 4.31 Å². The van der Waals surface area contributed by atoms with Gasteiger partial charge in [0.25, 0.3) is 10.0 Å². The number of aliphatic hydroxyl groups is 2. The van der Waals surface area contributed by atoms with Crippen LogP contribution in [0.25, 0.3) is 0 Å². The molecule has 0 radical (unpaired) electrons. The zero-order valence-corrected chi connectivity index (χ0v) is 9.71. The molecule has 6 nitrogen and oxygen atoms in total. The Bertz CT molecular complexity index is 541. The Hall–Kier alpha value is -1.44. The van der Waals surface area contributed by atoms with Gasteiger partial charge in [-0.25, -0.2) is 13.4 Å². The van der Waals surface area contributed by atoms with Crippen molar-refractivity contribution in [2.45, 2.75) is 11.0 Å². The topological polar surface area (TPSA) is 90.2 Å². The summed E-state index contributed by atoms with van der Waals surface area (Å²) in [5.41, 5.74) is 0.377. The van der Waals surface area contributed by atoms with E-state index in [1.807, 2.05) is 0 Å². The number of aliphatic hydroxyl groups excluding tert-OH is 2. The smallest absolute Gasteiger partial charge is 0.267 e. The molecule has 0 aliphatic carbocycles. The van der Waals surface area contributed by atoms with Crippen LogP contribution >= 0.6 is 0 Å². The van der Waals surface area contributed by atoms with Crippen molar-refractivity contribution in [3.63, 3.8) is 0 Å². The highest BCUT2D eigenvalue weighted by Gasteiger charge is 2.29. The third-order valence-corrected chi connectivity index (χ3v) is 4.14. The predicted molar refractivity (Wildman–Crippen MR) is 61.6 cm³/mol. The van der Waals surface area contributed by atoms with Gasteiger partial charge in [0.15, 0.2) is 0 Å². The Morgan fingerprint density at radius 1 is 1.35 bits per heavy atom. The van der Waals surface area contributed by atoms with Gasteiger partial charge < -0.3 is 10.2 Å². The summed E-state index contributed by atoms with van der Waals surface area (Å²) in [4.78, 5) is 4.09. The van der Waals surface area contributed by atoms with Crippen molar-refractivity contribution in [2.75, 3.05) is 13.2 Å². The number of benzene rings is 1. The maximum atomic E-state index is 12.1. The second kappa shape index (κ2) is 4.44. The molecule has 0 saturated heterocycles. The molecular formula is C10H12N2O4S. The standard InChI is InChI=1S/C10H12N2O4S/c13-6-8(14)5-12-7-11-9-3-1-2-4-10(9)17(12,15)16/h1-4,7-8,13-14H,5-6H2. The van der Waals surface area contributed by atoms with Gasteiger partial charge in [-0.15, -0.1) is 0 Å². The van der Waals surface area contributed by atoms with Gasteiger partial charge in [0, 0.05) is 0 Å². The van der Waals surface area contributed by atoms with Gasteiger partial charge in [-0.2, -0.15) is 0 Å². The summed E-state index contributed by atoms with van der Waals surface area (Å²) in [6, 6.07) is 6.37. The van der Waals surface area contributed by atoms with Crippen LogP contribution in [-0.2, 0) is 10.0 Å². The first-order chi connectivity index (χ1) is 8.05. The van der Waals surface area contributed by atoms with Crippen molar-refractivity contribution in [2.24, 2.45) is 4.99 Å². The molecule has 1 heterocycles. The van der Waals surface area contributed by atoms with Gasteiger partial charge in [0.05, 0.1) is 24.9 Å². The summed E-state index contributed by atoms with van der Waals surface area (Å²) in [6.07, 6.45) is 0.0257. The Morgan fingerprint density at radius 2 is 2.06 bits per heavy atom. The fraction of sp³-hybridized carbons (Fsp3) is 0.300. The third-order valence-electron chi connectivity index (χ3n) is 2.38. The summed E-state index contributed by atoms with van der Waals surface area (Å²) in [5, 5.41) is 18.0. The number of aliphatic imine (C=N–C) groups is 1. The number of β-amino-alcohol motifs (C(OH)–C–C–N with tert-alkyl or cyclic N) is 1. The van der Waals surface area contributed by atoms with Gasteiger partial charge in [-0.05, 0) is 12.1 Å². The molecule has 1 aromatic rings. The monoisotopic (exact) mass is 256 g/mol. The molecule has 1 aliphatic heterocycles. The quantitative estimate of drug-likeness (QED) is 0.777. The minimum absolute atomic E-state index is 0.104. The van der Waals surface area contributed by atoms with Crippen LogP contribution < -0.4 is 0 Å². The van der Waals surface area contributed by atoms with E-state index in [1.165, 1.54) is 6.07 Å². The molecule has 7 heteroatoms. The zero-order valence-electron chi connectivity index (χ0n) is 8.89. The molecule has 1 aliphatic rings. The summed E-state index contributed by atoms with van der Waals surface area (Å²) in [7, 11) is -3.68. The van der Waals surface area contributed by atoms with Crippen LogP contribution in [0.3, 0.4) is 0 Å². The minimum atomic E-state index is -3.68. The number of fused-ring (bicyclic) bond motifs is 1. The van der Waals surface area contributed by atoms with Gasteiger partial charge in [-0.1, -0.05) is 12.1 Å². The first-order valence-electron chi connectivity index (χ1n) is 4.99. The van der Waals surface area contributed by atoms with Crippen molar-refractivity contribution >= 4 is 22.0 Å². The highest BCUT2D eigenvalue weighted by molar-refractivity contribution is 7.89. The molecule has 0 spiro atoms. The van der Waals surface area contributed by atoms with E-state index in [-0.39, 0.29) is 11.4 Å². The molecule has 1 unspecified atom stereocenters. The Kier molecular flexibility index (Phi) is 3.14. The lowest BCUT2D eigenvalue weighted by Crippen LogP contribution is -2.39. The summed E-state index contributed by atoms with van der Waals surface area (Å²) in [6.45, 7) is -0.710. The number of nitrogens with zero attached hydrogens (tertiary/aromatic N) is 2. The van der Waals surface area contributed by atoms with E-state index in [9.17, 15) is 13.5 Å². The van der Waals surface area contributed by atoms with Crippen LogP contribution in [0.15, 0.2) is 34.2 Å². The molecule has 0 aromatic heterocycles. The highest BCUT2D eigenvalue weighted by atomic mass is 32.2. The number of hydrogen-bond acceptors (Lipinski definition) is 5. The molecule has 0 bridgehead atoms. The van der Waals surface area contributed by atoms with E-state index in [2.05, 4.69) is 4.99 Å². The van der Waals surface area contributed by atoms with Gasteiger partial charge >= 0.3 is 0 Å². The van der Waals surface area contributed by atoms with Crippen molar-refractivity contribution in [1.29, 1.82) is 0 Å². The summed E-state index contributed by atoms with van der Waals surface area (Å²) in [5.74, 6) is 0. The maximum Gasteiger partial charge on any atom is 0.267 e. The van der Waals surface area contributed by atoms with Crippen LogP contribution in [0.5, 0.6) is 0 Å². The number of para-hydroxylation sites is 1. The molecule has 0 fully saturated rings. The SMILES string of the molecule is O=S1(=O)c2ccccc2N=CN1CC(O)CO. The molecule has 92 valence electrons. The van der Waals surface area contributed by atoms with E-state index < -0.39 is 22.7 Å². The maximum absolute atomic E-state index is 12.1. The second-order valence-electron chi connectivity index (χ2n) is 3.62. The van der Waals surface area contributed by atoms with Gasteiger partial charge in [0.1, 0.15) is 11.2 Å². The molecule has 2 N–H and O–H groups in total. The van der Waals surface area contributed by atoms with Crippen LogP contribution in [0.1, 0.15) is 0 Å². The van der Waals surface area contributed by atoms with E-state index in [0.29, 0.717) is 5.69 Å². The highest BCUT2D eigenvalue weighted by Crippen LogP contribution is 2.29. The fourth-order valence-corrected chi connectivity index (χ4v) is 2.94. The van der Waals surface area contributed by atoms with E-state index >= 15 is 0 Å². The lowest BCUT2D eigenvalue weighted by molar-refractivity contribution is 0.0881. The van der Waals surface area contributed by atoms with Crippen molar-refractivity contribution in [3.05, 3.63) is 24.3 Å². The fourth-order valence-electron chi connectivity index (χ4n) is 1.51. The molecular weight excluding hydrogens is 244 g/mol. The van der Waals surface area contributed by atoms with E-state index in [1.54, 1.807) is 18.2 Å². The van der Waals surface area contributed by atoms with Gasteiger partial charge in [0.2, 0.25) is 0 Å². The lowest BCUT2D eigenvalue weighted by atomic mass is 10.3. The number of sulfonamides is 1. The van der Waals surface area contributed by atoms with Crippen LogP contribution in [-0.4, -0.2) is 48.5 Å². The van der Waals surface area contributed by atoms with Crippen molar-refractivity contribution in [3.8, 4) is 0 Å². The third kappa shape index (κ3) is 2.17. The van der Waals surface area contributed by atoms with Crippen LogP contribution in [0.2, 0.25) is 0 Å². The Balaban J connectivity index is 2.38. The molecule has 0 saturated carbocycles. The molecule has 1 atom stereocenters. The number of rotatable bonds is 3. The second-order valence-corrected chi connectivity index (χ2v) is 5.48. The first kappa shape index (κ1) is 12.0. The van der Waals surface area contributed by atoms with Crippen molar-refractivity contribution < 1.29 is 18.6 Å². The predicted octanol–water partition coefficient (Wildman–Crippen LogP) is -0.296. The van der Waals surface area contributed by atoms with E-state index in [4.69, 9.17) is 5.11 Å². The lowest BCUT2D eigenvalue weighted by Gasteiger charge is -2.25. The molecule has 1 aromatic carbocycles. The van der Waals surface area contributed by atoms with Crippen molar-refractivity contribution in [1.82, 2.24) is 4.31 Å². The Morgan fingerprint density at radius 3 is 2.76 bits per heavy atom. The molecule has 0 amide bonds. The summed E-state index contributed by atoms with van der Waals surface area (Å²) >= 11 is 0. The molecule has 17 heavy (non-hydrogen) atoms. The normalized spacial score (nSPS) is 18.8.